The lowest BCUT2D eigenvalue weighted by molar-refractivity contribution is 0.0613. The molecule has 7 nitrogen and oxygen atoms in total. The van der Waals surface area contributed by atoms with Gasteiger partial charge in [0.05, 0.1) is 24.1 Å². The van der Waals surface area contributed by atoms with Crippen LogP contribution in [0.1, 0.15) is 45.8 Å². The molecule has 1 N–H and O–H groups in total. The topological polar surface area (TPSA) is 84.4 Å². The minimum absolute atomic E-state index is 0.0113. The lowest BCUT2D eigenvalue weighted by Gasteiger charge is -2.38. The van der Waals surface area contributed by atoms with Crippen molar-refractivity contribution in [2.45, 2.75) is 32.2 Å². The summed E-state index contributed by atoms with van der Waals surface area (Å²) in [5.74, 6) is 0.496. The number of ether oxygens (including phenoxy) is 1. The first-order chi connectivity index (χ1) is 14.6. The predicted molar refractivity (Wildman–Crippen MR) is 112 cm³/mol. The molecule has 2 atom stereocenters. The minimum Gasteiger partial charge on any atom is -0.492 e. The molecule has 0 spiro atoms. The second-order valence-electron chi connectivity index (χ2n) is 7.76. The molecule has 0 aliphatic carbocycles. The van der Waals surface area contributed by atoms with Gasteiger partial charge in [-0.3, -0.25) is 14.6 Å². The van der Waals surface area contributed by atoms with E-state index in [1.165, 1.54) is 6.20 Å². The van der Waals surface area contributed by atoms with Gasteiger partial charge in [0, 0.05) is 31.2 Å². The van der Waals surface area contributed by atoms with E-state index in [0.29, 0.717) is 43.1 Å². The van der Waals surface area contributed by atoms with Crippen LogP contribution in [0.3, 0.4) is 0 Å². The number of aryl methyl sites for hydroxylation is 1. The molecular weight excluding hydrogens is 380 g/mol. The van der Waals surface area contributed by atoms with Gasteiger partial charge in [0.1, 0.15) is 11.4 Å². The Kier molecular flexibility index (Phi) is 6.07. The number of allylic oxidation sites excluding steroid dienone is 1. The lowest BCUT2D eigenvalue weighted by atomic mass is 9.88. The van der Waals surface area contributed by atoms with Crippen molar-refractivity contribution in [3.63, 3.8) is 0 Å². The molecular formula is C23H26N4O3. The highest BCUT2D eigenvalue weighted by atomic mass is 16.5. The first kappa shape index (κ1) is 20.1. The van der Waals surface area contributed by atoms with Crippen LogP contribution < -0.4 is 10.1 Å². The zero-order valence-corrected chi connectivity index (χ0v) is 17.1. The second kappa shape index (κ2) is 9.07. The Morgan fingerprint density at radius 3 is 2.90 bits per heavy atom. The van der Waals surface area contributed by atoms with E-state index < -0.39 is 0 Å². The van der Waals surface area contributed by atoms with E-state index in [1.807, 2.05) is 30.0 Å². The smallest absolute Gasteiger partial charge is 0.274 e. The van der Waals surface area contributed by atoms with Crippen LogP contribution in [0, 0.1) is 12.8 Å². The summed E-state index contributed by atoms with van der Waals surface area (Å²) in [5.41, 5.74) is 1.69. The van der Waals surface area contributed by atoms with Crippen LogP contribution in [0.2, 0.25) is 0 Å². The number of nitrogens with zero attached hydrogens (tertiary/aromatic N) is 3. The summed E-state index contributed by atoms with van der Waals surface area (Å²) in [6.45, 7) is 3.50. The van der Waals surface area contributed by atoms with E-state index in [1.54, 1.807) is 12.3 Å². The summed E-state index contributed by atoms with van der Waals surface area (Å²) < 4.78 is 5.79. The first-order valence-corrected chi connectivity index (χ1v) is 10.4. The van der Waals surface area contributed by atoms with Gasteiger partial charge in [-0.25, -0.2) is 4.98 Å². The quantitative estimate of drug-likeness (QED) is 0.736. The van der Waals surface area contributed by atoms with Gasteiger partial charge in [-0.2, -0.15) is 0 Å². The van der Waals surface area contributed by atoms with E-state index >= 15 is 0 Å². The lowest BCUT2D eigenvalue weighted by Crippen LogP contribution is -2.52. The van der Waals surface area contributed by atoms with Crippen molar-refractivity contribution in [2.24, 2.45) is 5.92 Å². The Hall–Kier alpha value is -3.22. The second-order valence-corrected chi connectivity index (χ2v) is 7.76. The Morgan fingerprint density at radius 2 is 2.07 bits per heavy atom. The Bertz CT molecular complexity index is 942. The van der Waals surface area contributed by atoms with Crippen LogP contribution >= 0.6 is 0 Å². The number of nitrogens with one attached hydrogen (secondary N) is 1. The molecule has 0 bridgehead atoms. The third-order valence-electron chi connectivity index (χ3n) is 5.62. The summed E-state index contributed by atoms with van der Waals surface area (Å²) in [7, 11) is 0. The number of carbonyl (C=O) groups is 2. The molecule has 1 aromatic heterocycles. The molecule has 1 saturated heterocycles. The molecule has 156 valence electrons. The number of likely N-dealkylation sites (tertiary alicyclic amines) is 1. The number of rotatable bonds is 1. The maximum absolute atomic E-state index is 12.9. The monoisotopic (exact) mass is 406 g/mol. The molecule has 2 aromatic rings. The van der Waals surface area contributed by atoms with E-state index in [0.717, 1.165) is 18.5 Å². The third kappa shape index (κ3) is 4.50. The number of hydrogen-bond acceptors (Lipinski definition) is 5. The first-order valence-electron chi connectivity index (χ1n) is 10.4. The molecule has 3 heterocycles. The molecule has 0 unspecified atom stereocenters. The SMILES string of the molecule is Cc1cnc(C(=O)N2CC[C@H]3NC(=O)c4ccccc4OCC/C=C/C[C@H]3C2)cn1. The summed E-state index contributed by atoms with van der Waals surface area (Å²) in [6.07, 6.45) is 9.63. The molecule has 2 aliphatic heterocycles. The van der Waals surface area contributed by atoms with E-state index in [-0.39, 0.29) is 23.8 Å². The zero-order chi connectivity index (χ0) is 20.9. The molecule has 1 fully saturated rings. The van der Waals surface area contributed by atoms with Gasteiger partial charge in [0.2, 0.25) is 0 Å². The molecule has 30 heavy (non-hydrogen) atoms. The fourth-order valence-corrected chi connectivity index (χ4v) is 3.96. The van der Waals surface area contributed by atoms with Crippen molar-refractivity contribution in [3.05, 3.63) is 65.8 Å². The van der Waals surface area contributed by atoms with Crippen molar-refractivity contribution in [2.75, 3.05) is 19.7 Å². The minimum atomic E-state index is -0.130. The highest BCUT2D eigenvalue weighted by molar-refractivity contribution is 5.97. The molecule has 1 aromatic carbocycles. The van der Waals surface area contributed by atoms with Crippen LogP contribution in [0.5, 0.6) is 5.75 Å². The van der Waals surface area contributed by atoms with Gasteiger partial charge < -0.3 is 15.0 Å². The largest absolute Gasteiger partial charge is 0.492 e. The summed E-state index contributed by atoms with van der Waals surface area (Å²) in [6, 6.07) is 7.31. The molecule has 2 amide bonds. The van der Waals surface area contributed by atoms with E-state index in [2.05, 4.69) is 27.4 Å². The number of hydrogen-bond donors (Lipinski definition) is 1. The maximum atomic E-state index is 12.9. The van der Waals surface area contributed by atoms with Crippen molar-refractivity contribution in [1.29, 1.82) is 0 Å². The number of amides is 2. The molecule has 4 rings (SSSR count). The van der Waals surface area contributed by atoms with Crippen molar-refractivity contribution >= 4 is 11.8 Å². The number of aromatic nitrogens is 2. The summed E-state index contributed by atoms with van der Waals surface area (Å²) in [5, 5.41) is 3.18. The van der Waals surface area contributed by atoms with Crippen LogP contribution in [-0.2, 0) is 0 Å². The van der Waals surface area contributed by atoms with E-state index in [4.69, 9.17) is 4.74 Å². The highest BCUT2D eigenvalue weighted by Gasteiger charge is 2.33. The van der Waals surface area contributed by atoms with Crippen molar-refractivity contribution in [3.8, 4) is 5.75 Å². The van der Waals surface area contributed by atoms with Gasteiger partial charge in [0.15, 0.2) is 0 Å². The normalized spacial score (nSPS) is 23.0. The van der Waals surface area contributed by atoms with Crippen molar-refractivity contribution < 1.29 is 14.3 Å². The molecule has 7 heteroatoms. The highest BCUT2D eigenvalue weighted by Crippen LogP contribution is 2.25. The van der Waals surface area contributed by atoms with Gasteiger partial charge in [-0.1, -0.05) is 24.3 Å². The standard InChI is InChI=1S/C23H26N4O3/c1-16-13-25-20(14-24-16)23(29)27-11-10-19-17(15-27)7-3-2-6-12-30-21-9-5-4-8-18(21)22(28)26-19/h2-5,8-9,13-14,17,19H,6-7,10-12,15H2,1H3,(H,26,28)/b3-2+/t17-,19+/m0/s1. The van der Waals surface area contributed by atoms with Gasteiger partial charge in [0.25, 0.3) is 11.8 Å². The number of para-hydroxylation sites is 1. The number of piperidine rings is 1. The van der Waals surface area contributed by atoms with Crippen molar-refractivity contribution in [1.82, 2.24) is 20.2 Å². The fourth-order valence-electron chi connectivity index (χ4n) is 3.96. The van der Waals surface area contributed by atoms with Crippen LogP contribution in [0.25, 0.3) is 0 Å². The third-order valence-corrected chi connectivity index (χ3v) is 5.62. The average molecular weight is 406 g/mol. The number of fused-ring (bicyclic) bond motifs is 2. The zero-order valence-electron chi connectivity index (χ0n) is 17.1. The van der Waals surface area contributed by atoms with E-state index in [9.17, 15) is 9.59 Å². The van der Waals surface area contributed by atoms with Gasteiger partial charge in [-0.15, -0.1) is 0 Å². The van der Waals surface area contributed by atoms with Crippen LogP contribution in [0.4, 0.5) is 0 Å². The summed E-state index contributed by atoms with van der Waals surface area (Å²) >= 11 is 0. The Balaban J connectivity index is 1.52. The Labute approximate surface area is 176 Å². The summed E-state index contributed by atoms with van der Waals surface area (Å²) in [4.78, 5) is 36.1. The molecule has 0 radical (unpaired) electrons. The van der Waals surface area contributed by atoms with Crippen LogP contribution in [-0.4, -0.2) is 52.4 Å². The Morgan fingerprint density at radius 1 is 1.20 bits per heavy atom. The fraction of sp³-hybridized carbons (Fsp3) is 0.391. The van der Waals surface area contributed by atoms with Gasteiger partial charge >= 0.3 is 0 Å². The van der Waals surface area contributed by atoms with Crippen LogP contribution in [0.15, 0.2) is 48.8 Å². The number of carbonyl (C=O) groups excluding carboxylic acids is 2. The maximum Gasteiger partial charge on any atom is 0.274 e. The van der Waals surface area contributed by atoms with Gasteiger partial charge in [-0.05, 0) is 38.3 Å². The molecule has 2 aliphatic rings. The number of benzene rings is 1. The predicted octanol–water partition coefficient (Wildman–Crippen LogP) is 2.77. The molecule has 0 saturated carbocycles. The average Bonchev–Trinajstić information content (AvgIpc) is 2.76.